The molecule has 0 bridgehead atoms. The van der Waals surface area contributed by atoms with E-state index in [2.05, 4.69) is 22.5 Å². The molecule has 0 spiro atoms. The summed E-state index contributed by atoms with van der Waals surface area (Å²) in [5, 5.41) is 1.88. The quantitative estimate of drug-likeness (QED) is 0.227. The molecule has 4 aromatic rings. The molecule has 4 rings (SSSR count). The van der Waals surface area contributed by atoms with Gasteiger partial charge in [0.05, 0.1) is 5.56 Å². The molecule has 2 aromatic carbocycles. The van der Waals surface area contributed by atoms with Crippen molar-refractivity contribution < 1.29 is 9.53 Å². The fraction of sp³-hybridized carbons (Fsp3) is 0.250. The zero-order chi connectivity index (χ0) is 19.3. The lowest BCUT2D eigenvalue weighted by molar-refractivity contribution is 0.0738. The normalized spacial score (nSPS) is 11.2. The first-order chi connectivity index (χ1) is 13.8. The highest BCUT2D eigenvalue weighted by atomic mass is 16.5. The van der Waals surface area contributed by atoms with Crippen LogP contribution in [0, 0.1) is 0 Å². The highest BCUT2D eigenvalue weighted by molar-refractivity contribution is 6.05. The SMILES string of the molecule is CCCCCCn1cc(C(=O)Oc2cccc3cccnc23)c2ccccc21. The Morgan fingerprint density at radius 1 is 1.00 bits per heavy atom. The van der Waals surface area contributed by atoms with Crippen LogP contribution in [0.2, 0.25) is 0 Å². The molecule has 2 heterocycles. The van der Waals surface area contributed by atoms with Crippen LogP contribution >= 0.6 is 0 Å². The summed E-state index contributed by atoms with van der Waals surface area (Å²) in [6.07, 6.45) is 8.39. The van der Waals surface area contributed by atoms with Crippen LogP contribution in [0.3, 0.4) is 0 Å². The van der Waals surface area contributed by atoms with Gasteiger partial charge in [-0.05, 0) is 24.6 Å². The number of hydrogen-bond donors (Lipinski definition) is 0. The molecule has 0 aliphatic heterocycles. The van der Waals surface area contributed by atoms with Gasteiger partial charge in [0, 0.05) is 35.2 Å². The van der Waals surface area contributed by atoms with Gasteiger partial charge in [-0.2, -0.15) is 0 Å². The number of benzene rings is 2. The monoisotopic (exact) mass is 372 g/mol. The van der Waals surface area contributed by atoms with Crippen LogP contribution in [0.15, 0.2) is 67.0 Å². The van der Waals surface area contributed by atoms with Crippen molar-refractivity contribution in [1.82, 2.24) is 9.55 Å². The molecular weight excluding hydrogens is 348 g/mol. The van der Waals surface area contributed by atoms with E-state index in [9.17, 15) is 4.79 Å². The zero-order valence-electron chi connectivity index (χ0n) is 16.1. The second-order valence-corrected chi connectivity index (χ2v) is 7.03. The van der Waals surface area contributed by atoms with E-state index >= 15 is 0 Å². The molecule has 142 valence electrons. The van der Waals surface area contributed by atoms with Gasteiger partial charge in [-0.25, -0.2) is 4.79 Å². The summed E-state index contributed by atoms with van der Waals surface area (Å²) >= 11 is 0. The van der Waals surface area contributed by atoms with Crippen molar-refractivity contribution in [3.05, 3.63) is 72.6 Å². The van der Waals surface area contributed by atoms with E-state index in [0.717, 1.165) is 29.3 Å². The van der Waals surface area contributed by atoms with Gasteiger partial charge in [-0.15, -0.1) is 0 Å². The Morgan fingerprint density at radius 2 is 1.86 bits per heavy atom. The first-order valence-corrected chi connectivity index (χ1v) is 9.91. The Kier molecular flexibility index (Phi) is 5.38. The first kappa shape index (κ1) is 18.2. The number of rotatable bonds is 7. The molecule has 28 heavy (non-hydrogen) atoms. The van der Waals surface area contributed by atoms with Gasteiger partial charge in [0.25, 0.3) is 0 Å². The molecule has 4 heteroatoms. The minimum Gasteiger partial charge on any atom is -0.421 e. The van der Waals surface area contributed by atoms with Crippen molar-refractivity contribution in [2.75, 3.05) is 0 Å². The van der Waals surface area contributed by atoms with Gasteiger partial charge in [0.1, 0.15) is 5.52 Å². The summed E-state index contributed by atoms with van der Waals surface area (Å²) in [6.45, 7) is 3.12. The van der Waals surface area contributed by atoms with Crippen molar-refractivity contribution >= 4 is 27.8 Å². The Hall–Kier alpha value is -3.14. The van der Waals surface area contributed by atoms with Crippen molar-refractivity contribution in [2.45, 2.75) is 39.2 Å². The van der Waals surface area contributed by atoms with Gasteiger partial charge < -0.3 is 9.30 Å². The largest absolute Gasteiger partial charge is 0.421 e. The highest BCUT2D eigenvalue weighted by Crippen LogP contribution is 2.27. The molecule has 0 atom stereocenters. The number of carbonyl (C=O) groups excluding carboxylic acids is 1. The summed E-state index contributed by atoms with van der Waals surface area (Å²) in [5.74, 6) is 0.143. The Balaban J connectivity index is 1.63. The first-order valence-electron chi connectivity index (χ1n) is 9.91. The standard InChI is InChI=1S/C24H24N2O2/c1-2-3-4-7-16-26-17-20(19-12-5-6-13-21(19)26)24(27)28-22-14-8-10-18-11-9-15-25-23(18)22/h5-6,8-15,17H,2-4,7,16H2,1H3. The lowest BCUT2D eigenvalue weighted by atomic mass is 10.2. The van der Waals surface area contributed by atoms with E-state index in [1.165, 1.54) is 19.3 Å². The summed E-state index contributed by atoms with van der Waals surface area (Å²) in [7, 11) is 0. The van der Waals surface area contributed by atoms with Crippen LogP contribution in [0.1, 0.15) is 43.0 Å². The maximum atomic E-state index is 13.0. The number of esters is 1. The van der Waals surface area contributed by atoms with E-state index in [1.807, 2.05) is 48.7 Å². The molecule has 0 N–H and O–H groups in total. The average Bonchev–Trinajstić information content (AvgIpc) is 3.10. The number of carbonyl (C=O) groups is 1. The third-order valence-electron chi connectivity index (χ3n) is 5.06. The molecule has 4 nitrogen and oxygen atoms in total. The van der Waals surface area contributed by atoms with E-state index in [-0.39, 0.29) is 5.97 Å². The lowest BCUT2D eigenvalue weighted by Crippen LogP contribution is -2.08. The molecule has 0 aliphatic carbocycles. The fourth-order valence-corrected chi connectivity index (χ4v) is 3.62. The number of unbranched alkanes of at least 4 members (excludes halogenated alkanes) is 3. The summed E-state index contributed by atoms with van der Waals surface area (Å²) < 4.78 is 7.93. The minimum atomic E-state index is -0.346. The number of para-hydroxylation sites is 2. The smallest absolute Gasteiger partial charge is 0.345 e. The average molecular weight is 372 g/mol. The zero-order valence-corrected chi connectivity index (χ0v) is 16.1. The van der Waals surface area contributed by atoms with Crippen molar-refractivity contribution in [1.29, 1.82) is 0 Å². The molecule has 2 aromatic heterocycles. The van der Waals surface area contributed by atoms with Crippen LogP contribution in [0.5, 0.6) is 5.75 Å². The molecule has 0 aliphatic rings. The van der Waals surface area contributed by atoms with Crippen molar-refractivity contribution in [3.8, 4) is 5.75 Å². The van der Waals surface area contributed by atoms with Crippen molar-refractivity contribution in [3.63, 3.8) is 0 Å². The Labute approximate surface area is 164 Å². The number of fused-ring (bicyclic) bond motifs is 2. The predicted octanol–water partition coefficient (Wildman–Crippen LogP) is 5.99. The molecule has 0 saturated carbocycles. The van der Waals surface area contributed by atoms with E-state index in [4.69, 9.17) is 4.74 Å². The maximum absolute atomic E-state index is 13.0. The van der Waals surface area contributed by atoms with E-state index in [1.54, 1.807) is 12.3 Å². The van der Waals surface area contributed by atoms with Crippen LogP contribution in [-0.2, 0) is 6.54 Å². The summed E-state index contributed by atoms with van der Waals surface area (Å²) in [5.41, 5.74) is 2.36. The second kappa shape index (κ2) is 8.26. The molecular formula is C24H24N2O2. The third-order valence-corrected chi connectivity index (χ3v) is 5.06. The van der Waals surface area contributed by atoms with Crippen molar-refractivity contribution in [2.24, 2.45) is 0 Å². The van der Waals surface area contributed by atoms with E-state index in [0.29, 0.717) is 16.8 Å². The van der Waals surface area contributed by atoms with Crippen LogP contribution in [0.4, 0.5) is 0 Å². The van der Waals surface area contributed by atoms with Crippen LogP contribution in [0.25, 0.3) is 21.8 Å². The summed E-state index contributed by atoms with van der Waals surface area (Å²) in [4.78, 5) is 17.4. The number of pyridine rings is 1. The fourth-order valence-electron chi connectivity index (χ4n) is 3.62. The molecule has 0 amide bonds. The molecule has 0 unspecified atom stereocenters. The second-order valence-electron chi connectivity index (χ2n) is 7.03. The minimum absolute atomic E-state index is 0.346. The lowest BCUT2D eigenvalue weighted by Gasteiger charge is -2.06. The molecule has 0 saturated heterocycles. The number of aromatic nitrogens is 2. The Bertz CT molecular complexity index is 1110. The highest BCUT2D eigenvalue weighted by Gasteiger charge is 2.18. The van der Waals surface area contributed by atoms with Gasteiger partial charge in [-0.3, -0.25) is 4.98 Å². The molecule has 0 fully saturated rings. The number of aryl methyl sites for hydroxylation is 1. The maximum Gasteiger partial charge on any atom is 0.345 e. The number of ether oxygens (including phenoxy) is 1. The van der Waals surface area contributed by atoms with Gasteiger partial charge in [0.15, 0.2) is 5.75 Å². The van der Waals surface area contributed by atoms with Gasteiger partial charge in [-0.1, -0.05) is 62.6 Å². The number of hydrogen-bond acceptors (Lipinski definition) is 3. The van der Waals surface area contributed by atoms with Crippen LogP contribution < -0.4 is 4.74 Å². The van der Waals surface area contributed by atoms with Crippen LogP contribution in [-0.4, -0.2) is 15.5 Å². The Morgan fingerprint density at radius 3 is 2.75 bits per heavy atom. The summed E-state index contributed by atoms with van der Waals surface area (Å²) in [6, 6.07) is 17.5. The van der Waals surface area contributed by atoms with Gasteiger partial charge in [0.2, 0.25) is 0 Å². The van der Waals surface area contributed by atoms with E-state index < -0.39 is 0 Å². The third kappa shape index (κ3) is 3.63. The predicted molar refractivity (Wildman–Crippen MR) is 113 cm³/mol. The number of nitrogens with zero attached hydrogens (tertiary/aromatic N) is 2. The van der Waals surface area contributed by atoms with Gasteiger partial charge >= 0.3 is 5.97 Å². The topological polar surface area (TPSA) is 44.1 Å². The molecule has 0 radical (unpaired) electrons.